The third kappa shape index (κ3) is 3.89. The first-order valence-corrected chi connectivity index (χ1v) is 9.17. The van der Waals surface area contributed by atoms with Crippen molar-refractivity contribution in [2.45, 2.75) is 38.6 Å². The molecule has 0 spiro atoms. The smallest absolute Gasteiger partial charge is 0.0755 e. The molecule has 0 bridgehead atoms. The summed E-state index contributed by atoms with van der Waals surface area (Å²) in [5, 5.41) is 0. The van der Waals surface area contributed by atoms with Crippen LogP contribution in [0.2, 0.25) is 0 Å². The molecule has 2 aliphatic heterocycles. The number of rotatable bonds is 4. The van der Waals surface area contributed by atoms with Crippen LogP contribution in [0.15, 0.2) is 42.9 Å². The number of ether oxygens (including phenoxy) is 1. The van der Waals surface area contributed by atoms with Crippen molar-refractivity contribution in [2.75, 3.05) is 26.2 Å². The average Bonchev–Trinajstić information content (AvgIpc) is 2.65. The van der Waals surface area contributed by atoms with Crippen LogP contribution in [0.3, 0.4) is 0 Å². The van der Waals surface area contributed by atoms with Crippen LogP contribution in [0.25, 0.3) is 0 Å². The standard InChI is InChI=1S/C20H26N4O/c1-16-4-2-8-22-18(16)14-23-9-6-20-19(15-23)24(10-11-25-20)13-17-5-3-7-21-12-17/h2-5,7-8,12,19-20H,6,9-11,13-15H2,1H3/t19-,20-/m0/s1. The minimum absolute atomic E-state index is 0.353. The average molecular weight is 338 g/mol. The highest BCUT2D eigenvalue weighted by Gasteiger charge is 2.37. The molecular formula is C20H26N4O. The minimum atomic E-state index is 0.353. The van der Waals surface area contributed by atoms with Gasteiger partial charge < -0.3 is 4.74 Å². The molecule has 25 heavy (non-hydrogen) atoms. The van der Waals surface area contributed by atoms with E-state index in [-0.39, 0.29) is 0 Å². The summed E-state index contributed by atoms with van der Waals surface area (Å²) in [5.74, 6) is 0. The van der Waals surface area contributed by atoms with Crippen molar-refractivity contribution >= 4 is 0 Å². The maximum Gasteiger partial charge on any atom is 0.0755 e. The first kappa shape index (κ1) is 16.6. The van der Waals surface area contributed by atoms with E-state index in [9.17, 15) is 0 Å². The van der Waals surface area contributed by atoms with E-state index >= 15 is 0 Å². The summed E-state index contributed by atoms with van der Waals surface area (Å²) in [4.78, 5) is 13.9. The number of hydrogen-bond donors (Lipinski definition) is 0. The van der Waals surface area contributed by atoms with Crippen LogP contribution >= 0.6 is 0 Å². The van der Waals surface area contributed by atoms with E-state index in [0.29, 0.717) is 12.1 Å². The topological polar surface area (TPSA) is 41.5 Å². The van der Waals surface area contributed by atoms with Gasteiger partial charge >= 0.3 is 0 Å². The lowest BCUT2D eigenvalue weighted by Crippen LogP contribution is -2.59. The molecule has 2 fully saturated rings. The summed E-state index contributed by atoms with van der Waals surface area (Å²) in [6.07, 6.45) is 7.16. The van der Waals surface area contributed by atoms with E-state index in [4.69, 9.17) is 4.74 Å². The Bertz CT molecular complexity index is 693. The van der Waals surface area contributed by atoms with Crippen molar-refractivity contribution < 1.29 is 4.74 Å². The molecule has 2 saturated heterocycles. The zero-order chi connectivity index (χ0) is 17.1. The van der Waals surface area contributed by atoms with E-state index in [1.54, 1.807) is 0 Å². The van der Waals surface area contributed by atoms with Gasteiger partial charge in [0.15, 0.2) is 0 Å². The Labute approximate surface area is 149 Å². The molecule has 132 valence electrons. The Morgan fingerprint density at radius 1 is 1.16 bits per heavy atom. The van der Waals surface area contributed by atoms with E-state index in [1.807, 2.05) is 30.7 Å². The Hall–Kier alpha value is -1.82. The van der Waals surface area contributed by atoms with Gasteiger partial charge in [-0.15, -0.1) is 0 Å². The van der Waals surface area contributed by atoms with Crippen molar-refractivity contribution in [1.82, 2.24) is 19.8 Å². The molecule has 0 N–H and O–H groups in total. The largest absolute Gasteiger partial charge is 0.375 e. The van der Waals surface area contributed by atoms with Crippen molar-refractivity contribution in [2.24, 2.45) is 0 Å². The van der Waals surface area contributed by atoms with Gasteiger partial charge in [-0.3, -0.25) is 19.8 Å². The molecule has 0 radical (unpaired) electrons. The van der Waals surface area contributed by atoms with Crippen LogP contribution < -0.4 is 0 Å². The van der Waals surface area contributed by atoms with Crippen molar-refractivity contribution in [3.05, 3.63) is 59.7 Å². The first-order valence-electron chi connectivity index (χ1n) is 9.17. The van der Waals surface area contributed by atoms with Gasteiger partial charge in [0.05, 0.1) is 18.4 Å². The number of morpholine rings is 1. The SMILES string of the molecule is Cc1cccnc1CN1CC[C@@H]2OCCN(Cc3cccnc3)[C@H]2C1. The minimum Gasteiger partial charge on any atom is -0.375 e. The summed E-state index contributed by atoms with van der Waals surface area (Å²) in [7, 11) is 0. The first-order chi connectivity index (χ1) is 12.3. The Morgan fingerprint density at radius 3 is 2.92 bits per heavy atom. The van der Waals surface area contributed by atoms with Gasteiger partial charge in [0.2, 0.25) is 0 Å². The van der Waals surface area contributed by atoms with Crippen LogP contribution in [0.1, 0.15) is 23.2 Å². The predicted molar refractivity (Wildman–Crippen MR) is 97.0 cm³/mol. The van der Waals surface area contributed by atoms with Gasteiger partial charge in [-0.1, -0.05) is 12.1 Å². The van der Waals surface area contributed by atoms with Crippen molar-refractivity contribution in [3.63, 3.8) is 0 Å². The Kier molecular flexibility index (Phi) is 5.06. The van der Waals surface area contributed by atoms with Crippen LogP contribution in [-0.2, 0) is 17.8 Å². The lowest BCUT2D eigenvalue weighted by molar-refractivity contribution is -0.107. The molecule has 2 aromatic heterocycles. The third-order valence-electron chi connectivity index (χ3n) is 5.38. The van der Waals surface area contributed by atoms with Crippen molar-refractivity contribution in [1.29, 1.82) is 0 Å². The molecule has 4 rings (SSSR count). The van der Waals surface area contributed by atoms with Gasteiger partial charge in [0.1, 0.15) is 0 Å². The van der Waals surface area contributed by atoms with Gasteiger partial charge in [-0.05, 0) is 36.6 Å². The summed E-state index contributed by atoms with van der Waals surface area (Å²) in [5.41, 5.74) is 3.74. The monoisotopic (exact) mass is 338 g/mol. The number of hydrogen-bond acceptors (Lipinski definition) is 5. The zero-order valence-corrected chi connectivity index (χ0v) is 14.8. The number of likely N-dealkylation sites (tertiary alicyclic amines) is 1. The van der Waals surface area contributed by atoms with E-state index < -0.39 is 0 Å². The summed E-state index contributed by atoms with van der Waals surface area (Å²) < 4.78 is 6.07. The molecular weight excluding hydrogens is 312 g/mol. The number of fused-ring (bicyclic) bond motifs is 1. The summed E-state index contributed by atoms with van der Waals surface area (Å²) >= 11 is 0. The highest BCUT2D eigenvalue weighted by Crippen LogP contribution is 2.25. The number of pyridine rings is 2. The second kappa shape index (κ2) is 7.60. The molecule has 5 heteroatoms. The van der Waals surface area contributed by atoms with Gasteiger partial charge in [-0.2, -0.15) is 0 Å². The van der Waals surface area contributed by atoms with Gasteiger partial charge in [0, 0.05) is 57.4 Å². The molecule has 0 aromatic carbocycles. The van der Waals surface area contributed by atoms with Crippen molar-refractivity contribution in [3.8, 4) is 0 Å². The predicted octanol–water partition coefficient (Wildman–Crippen LogP) is 2.26. The number of aromatic nitrogens is 2. The molecule has 5 nitrogen and oxygen atoms in total. The number of piperidine rings is 1. The lowest BCUT2D eigenvalue weighted by atomic mass is 9.97. The Morgan fingerprint density at radius 2 is 2.08 bits per heavy atom. The summed E-state index contributed by atoms with van der Waals surface area (Å²) in [6, 6.07) is 8.79. The van der Waals surface area contributed by atoms with E-state index in [1.165, 1.54) is 16.8 Å². The fraction of sp³-hybridized carbons (Fsp3) is 0.500. The Balaban J connectivity index is 1.45. The normalized spacial score (nSPS) is 24.8. The maximum absolute atomic E-state index is 6.07. The highest BCUT2D eigenvalue weighted by atomic mass is 16.5. The lowest BCUT2D eigenvalue weighted by Gasteiger charge is -2.47. The van der Waals surface area contributed by atoms with Crippen LogP contribution in [0, 0.1) is 6.92 Å². The molecule has 0 amide bonds. The molecule has 2 aromatic rings. The zero-order valence-electron chi connectivity index (χ0n) is 14.8. The van der Waals surface area contributed by atoms with Crippen LogP contribution in [0.5, 0.6) is 0 Å². The molecule has 2 aliphatic rings. The molecule has 4 heterocycles. The van der Waals surface area contributed by atoms with Crippen LogP contribution in [0.4, 0.5) is 0 Å². The van der Waals surface area contributed by atoms with E-state index in [0.717, 1.165) is 45.8 Å². The quantitative estimate of drug-likeness (QED) is 0.855. The second-order valence-corrected chi connectivity index (χ2v) is 7.10. The second-order valence-electron chi connectivity index (χ2n) is 7.10. The number of aryl methyl sites for hydroxylation is 1. The molecule has 0 saturated carbocycles. The van der Waals surface area contributed by atoms with Crippen LogP contribution in [-0.4, -0.2) is 58.2 Å². The van der Waals surface area contributed by atoms with Gasteiger partial charge in [0.25, 0.3) is 0 Å². The molecule has 0 aliphatic carbocycles. The fourth-order valence-electron chi connectivity index (χ4n) is 3.97. The number of nitrogens with zero attached hydrogens (tertiary/aromatic N) is 4. The summed E-state index contributed by atoms with van der Waals surface area (Å²) in [6.45, 7) is 7.98. The van der Waals surface area contributed by atoms with Gasteiger partial charge in [-0.25, -0.2) is 0 Å². The van der Waals surface area contributed by atoms with E-state index in [2.05, 4.69) is 38.8 Å². The third-order valence-corrected chi connectivity index (χ3v) is 5.38. The molecule has 0 unspecified atom stereocenters. The highest BCUT2D eigenvalue weighted by molar-refractivity contribution is 5.17. The maximum atomic E-state index is 6.07. The fourth-order valence-corrected chi connectivity index (χ4v) is 3.97. The molecule has 2 atom stereocenters.